The van der Waals surface area contributed by atoms with E-state index in [1.165, 1.54) is 31.0 Å². The van der Waals surface area contributed by atoms with Crippen molar-refractivity contribution in [2.24, 2.45) is 10.1 Å². The number of halogens is 2. The summed E-state index contributed by atoms with van der Waals surface area (Å²) in [5.41, 5.74) is 3.04. The lowest BCUT2D eigenvalue weighted by Crippen LogP contribution is -2.25. The van der Waals surface area contributed by atoms with Gasteiger partial charge < -0.3 is 10.1 Å². The van der Waals surface area contributed by atoms with Gasteiger partial charge in [0.05, 0.1) is 24.6 Å². The van der Waals surface area contributed by atoms with E-state index in [0.717, 1.165) is 16.8 Å². The number of thioether (sulfide) groups is 1. The van der Waals surface area contributed by atoms with E-state index in [1.54, 1.807) is 53.5 Å². The molecule has 188 valence electrons. The third kappa shape index (κ3) is 5.52. The van der Waals surface area contributed by atoms with Crippen LogP contribution in [0.15, 0.2) is 82.9 Å². The van der Waals surface area contributed by atoms with Crippen molar-refractivity contribution < 1.29 is 18.7 Å². The lowest BCUT2D eigenvalue weighted by Gasteiger charge is -2.23. The van der Waals surface area contributed by atoms with Crippen LogP contribution < -0.4 is 10.1 Å². The molecule has 2 amide bonds. The van der Waals surface area contributed by atoms with Crippen LogP contribution >= 0.6 is 23.4 Å². The van der Waals surface area contributed by atoms with Gasteiger partial charge in [0, 0.05) is 17.9 Å². The first-order valence-corrected chi connectivity index (χ1v) is 12.8. The molecule has 0 radical (unpaired) electrons. The maximum atomic E-state index is 13.6. The molecule has 7 nitrogen and oxygen atoms in total. The minimum Gasteiger partial charge on any atom is -0.495 e. The molecule has 0 saturated heterocycles. The van der Waals surface area contributed by atoms with Crippen LogP contribution in [-0.2, 0) is 9.59 Å². The summed E-state index contributed by atoms with van der Waals surface area (Å²) >= 11 is 7.24. The summed E-state index contributed by atoms with van der Waals surface area (Å²) in [4.78, 5) is 29.7. The first-order chi connectivity index (χ1) is 17.9. The number of amides is 2. The van der Waals surface area contributed by atoms with E-state index < -0.39 is 11.2 Å². The molecule has 0 unspecified atom stereocenters. The molecule has 0 bridgehead atoms. The van der Waals surface area contributed by atoms with Crippen molar-refractivity contribution >= 4 is 51.7 Å². The zero-order chi connectivity index (χ0) is 25.9. The normalized spacial score (nSPS) is 19.0. The largest absolute Gasteiger partial charge is 0.495 e. The third-order valence-corrected chi connectivity index (χ3v) is 7.41. The van der Waals surface area contributed by atoms with Crippen molar-refractivity contribution in [2.45, 2.75) is 24.1 Å². The molecule has 3 aromatic rings. The zero-order valence-corrected chi connectivity index (χ0v) is 21.3. The summed E-state index contributed by atoms with van der Waals surface area (Å²) in [6, 6.07) is 20.3. The number of hydrogen-bond donors (Lipinski definition) is 1. The first-order valence-electron chi connectivity index (χ1n) is 11.5. The van der Waals surface area contributed by atoms with Crippen LogP contribution in [0.3, 0.4) is 0 Å². The molecule has 5 rings (SSSR count). The van der Waals surface area contributed by atoms with Gasteiger partial charge in [0.2, 0.25) is 5.91 Å². The molecule has 2 heterocycles. The summed E-state index contributed by atoms with van der Waals surface area (Å²) in [6.07, 6.45) is 0.470. The van der Waals surface area contributed by atoms with E-state index in [2.05, 4.69) is 10.3 Å². The molecule has 2 aliphatic rings. The van der Waals surface area contributed by atoms with Crippen molar-refractivity contribution in [2.75, 3.05) is 12.4 Å². The number of nitrogens with zero attached hydrogens (tertiary/aromatic N) is 3. The Hall–Kier alpha value is -3.69. The maximum Gasteiger partial charge on any atom is 0.262 e. The Morgan fingerprint density at radius 2 is 1.86 bits per heavy atom. The van der Waals surface area contributed by atoms with Crippen LogP contribution in [-0.4, -0.2) is 40.1 Å². The van der Waals surface area contributed by atoms with Crippen LogP contribution in [0.1, 0.15) is 30.0 Å². The highest BCUT2D eigenvalue weighted by atomic mass is 35.5. The van der Waals surface area contributed by atoms with Gasteiger partial charge in [-0.05, 0) is 47.5 Å². The molecule has 37 heavy (non-hydrogen) atoms. The molecule has 0 aromatic heterocycles. The monoisotopic (exact) mass is 536 g/mol. The fourth-order valence-electron chi connectivity index (χ4n) is 4.17. The summed E-state index contributed by atoms with van der Waals surface area (Å²) in [7, 11) is 1.52. The van der Waals surface area contributed by atoms with Gasteiger partial charge in [-0.2, -0.15) is 10.1 Å². The van der Waals surface area contributed by atoms with E-state index in [4.69, 9.17) is 21.4 Å². The number of amidine groups is 1. The molecule has 0 aliphatic carbocycles. The number of nitrogens with one attached hydrogen (secondary N) is 1. The smallest absolute Gasteiger partial charge is 0.262 e. The molecule has 2 atom stereocenters. The number of para-hydroxylation sites is 2. The molecule has 0 saturated carbocycles. The Morgan fingerprint density at radius 1 is 1.14 bits per heavy atom. The van der Waals surface area contributed by atoms with E-state index >= 15 is 0 Å². The number of carbonyl (C=O) groups excluding carboxylic acids is 2. The number of hydrogen-bond acceptors (Lipinski definition) is 6. The predicted molar refractivity (Wildman–Crippen MR) is 144 cm³/mol. The fourth-order valence-corrected chi connectivity index (χ4v) is 5.36. The Bertz CT molecular complexity index is 1400. The SMILES string of the molecule is COc1ccccc1NC(=O)C[C@H]1SC(N2N=C(c3ccc(Cl)cc3)C[C@@H]2c2ccc(F)cc2)=NC1=O. The fraction of sp³-hybridized carbons (Fsp3) is 0.185. The molecule has 2 aliphatic heterocycles. The third-order valence-electron chi connectivity index (χ3n) is 6.02. The van der Waals surface area contributed by atoms with Gasteiger partial charge in [-0.15, -0.1) is 0 Å². The lowest BCUT2D eigenvalue weighted by molar-refractivity contribution is -0.121. The Morgan fingerprint density at radius 3 is 2.59 bits per heavy atom. The summed E-state index contributed by atoms with van der Waals surface area (Å²) in [6.45, 7) is 0. The number of ether oxygens (including phenoxy) is 1. The van der Waals surface area contributed by atoms with E-state index in [0.29, 0.717) is 28.0 Å². The molecular formula is C27H22ClFN4O3S. The van der Waals surface area contributed by atoms with Gasteiger partial charge in [0.25, 0.3) is 5.91 Å². The minimum absolute atomic E-state index is 0.0582. The van der Waals surface area contributed by atoms with Gasteiger partial charge in [-0.3, -0.25) is 9.59 Å². The highest BCUT2D eigenvalue weighted by Crippen LogP contribution is 2.39. The number of benzene rings is 3. The van der Waals surface area contributed by atoms with E-state index in [-0.39, 0.29) is 24.2 Å². The topological polar surface area (TPSA) is 83.4 Å². The molecule has 10 heteroatoms. The van der Waals surface area contributed by atoms with E-state index in [1.807, 2.05) is 12.1 Å². The van der Waals surface area contributed by atoms with Gasteiger partial charge >= 0.3 is 0 Å². The molecule has 0 fully saturated rings. The second-order valence-corrected chi connectivity index (χ2v) is 10.1. The minimum atomic E-state index is -0.687. The highest BCUT2D eigenvalue weighted by molar-refractivity contribution is 8.15. The number of carbonyl (C=O) groups is 2. The first kappa shape index (κ1) is 25.0. The van der Waals surface area contributed by atoms with Gasteiger partial charge in [0.1, 0.15) is 16.8 Å². The van der Waals surface area contributed by atoms with E-state index in [9.17, 15) is 14.0 Å². The van der Waals surface area contributed by atoms with Crippen molar-refractivity contribution in [1.29, 1.82) is 0 Å². The molecule has 0 spiro atoms. The number of anilines is 1. The van der Waals surface area contributed by atoms with Gasteiger partial charge in [-0.25, -0.2) is 9.40 Å². The van der Waals surface area contributed by atoms with Crippen molar-refractivity contribution in [3.8, 4) is 5.75 Å². The average Bonchev–Trinajstić information content (AvgIpc) is 3.49. The van der Waals surface area contributed by atoms with Gasteiger partial charge in [0.15, 0.2) is 5.17 Å². The van der Waals surface area contributed by atoms with Crippen LogP contribution in [0.2, 0.25) is 5.02 Å². The quantitative estimate of drug-likeness (QED) is 0.439. The molecule has 3 aromatic carbocycles. The van der Waals surface area contributed by atoms with Crippen LogP contribution in [0.4, 0.5) is 10.1 Å². The van der Waals surface area contributed by atoms with Crippen molar-refractivity contribution in [3.63, 3.8) is 0 Å². The molecular weight excluding hydrogens is 515 g/mol. The van der Waals surface area contributed by atoms with Crippen LogP contribution in [0, 0.1) is 5.82 Å². The van der Waals surface area contributed by atoms with Crippen LogP contribution in [0.5, 0.6) is 5.75 Å². The number of aliphatic imine (C=N–C) groups is 1. The number of hydrazone groups is 1. The maximum absolute atomic E-state index is 13.6. The Balaban J connectivity index is 1.35. The second-order valence-electron chi connectivity index (χ2n) is 8.46. The summed E-state index contributed by atoms with van der Waals surface area (Å²) in [5, 5.41) is 9.60. The number of methoxy groups -OCH3 is 1. The van der Waals surface area contributed by atoms with Crippen molar-refractivity contribution in [3.05, 3.63) is 94.8 Å². The highest BCUT2D eigenvalue weighted by Gasteiger charge is 2.39. The Labute approximate surface area is 222 Å². The standard InChI is InChI=1S/C27H22ClFN4O3S/c1-36-23-5-3-2-4-20(23)30-25(34)15-24-26(35)31-27(37-24)33-22(17-8-12-19(29)13-9-17)14-21(32-33)16-6-10-18(28)11-7-16/h2-13,22,24H,14-15H2,1H3,(H,30,34)/t22-,24-/m1/s1. The van der Waals surface area contributed by atoms with Crippen molar-refractivity contribution in [1.82, 2.24) is 5.01 Å². The Kier molecular flexibility index (Phi) is 7.25. The summed E-state index contributed by atoms with van der Waals surface area (Å²) < 4.78 is 18.9. The second kappa shape index (κ2) is 10.7. The average molecular weight is 537 g/mol. The molecule has 1 N–H and O–H groups in total. The summed E-state index contributed by atoms with van der Waals surface area (Å²) in [5.74, 6) is -0.533. The zero-order valence-electron chi connectivity index (χ0n) is 19.7. The number of rotatable bonds is 6. The lowest BCUT2D eigenvalue weighted by atomic mass is 9.98. The predicted octanol–water partition coefficient (Wildman–Crippen LogP) is 5.67. The van der Waals surface area contributed by atoms with Gasteiger partial charge in [-0.1, -0.05) is 59.8 Å². The van der Waals surface area contributed by atoms with Crippen LogP contribution in [0.25, 0.3) is 0 Å².